The van der Waals surface area contributed by atoms with E-state index in [1.54, 1.807) is 0 Å². The van der Waals surface area contributed by atoms with Crippen LogP contribution in [-0.4, -0.2) is 37.0 Å². The van der Waals surface area contributed by atoms with Crippen LogP contribution >= 0.6 is 0 Å². The number of amides is 1. The molecule has 2 aliphatic rings. The molecule has 3 unspecified atom stereocenters. The maximum Gasteiger partial charge on any atom is 0.310 e. The van der Waals surface area contributed by atoms with Gasteiger partial charge < -0.3 is 9.64 Å². The molecular formula is C13H21NO3. The first-order valence-electron chi connectivity index (χ1n) is 6.50. The van der Waals surface area contributed by atoms with Crippen LogP contribution in [0.25, 0.3) is 0 Å². The fraction of sp³-hybridized carbons (Fsp3) is 0.846. The van der Waals surface area contributed by atoms with Crippen LogP contribution in [0.5, 0.6) is 0 Å². The van der Waals surface area contributed by atoms with Crippen molar-refractivity contribution in [3.8, 4) is 0 Å². The molecule has 1 aliphatic carbocycles. The second-order valence-electron chi connectivity index (χ2n) is 5.31. The molecule has 0 bridgehead atoms. The molecule has 1 saturated heterocycles. The van der Waals surface area contributed by atoms with E-state index in [0.717, 1.165) is 25.7 Å². The molecule has 0 aromatic carbocycles. The fourth-order valence-corrected chi connectivity index (χ4v) is 3.07. The van der Waals surface area contributed by atoms with Crippen molar-refractivity contribution in [2.75, 3.05) is 20.2 Å². The van der Waals surface area contributed by atoms with Gasteiger partial charge >= 0.3 is 5.97 Å². The zero-order valence-electron chi connectivity index (χ0n) is 10.6. The van der Waals surface area contributed by atoms with E-state index in [4.69, 9.17) is 4.74 Å². The van der Waals surface area contributed by atoms with E-state index < -0.39 is 0 Å². The first-order chi connectivity index (χ1) is 8.13. The number of ether oxygens (including phenoxy) is 1. The minimum atomic E-state index is -0.181. The van der Waals surface area contributed by atoms with E-state index >= 15 is 0 Å². The van der Waals surface area contributed by atoms with Crippen LogP contribution in [0.4, 0.5) is 0 Å². The Hall–Kier alpha value is -1.06. The minimum absolute atomic E-state index is 0.111. The zero-order valence-corrected chi connectivity index (χ0v) is 10.6. The summed E-state index contributed by atoms with van der Waals surface area (Å²) in [5, 5.41) is 0. The molecule has 1 aliphatic heterocycles. The van der Waals surface area contributed by atoms with Gasteiger partial charge in [-0.15, -0.1) is 0 Å². The van der Waals surface area contributed by atoms with Crippen molar-refractivity contribution in [1.29, 1.82) is 0 Å². The monoisotopic (exact) mass is 239 g/mol. The Labute approximate surface area is 102 Å². The summed E-state index contributed by atoms with van der Waals surface area (Å²) >= 11 is 0. The molecule has 96 valence electrons. The third-order valence-electron chi connectivity index (χ3n) is 4.21. The average Bonchev–Trinajstić information content (AvgIpc) is 2.95. The van der Waals surface area contributed by atoms with Crippen molar-refractivity contribution < 1.29 is 14.3 Å². The summed E-state index contributed by atoms with van der Waals surface area (Å²) in [6.07, 6.45) is 4.08. The van der Waals surface area contributed by atoms with Crippen molar-refractivity contribution in [3.63, 3.8) is 0 Å². The maximum atomic E-state index is 12.3. The molecule has 4 heteroatoms. The first kappa shape index (κ1) is 12.4. The maximum absolute atomic E-state index is 12.3. The lowest BCUT2D eigenvalue weighted by molar-refractivity contribution is -0.145. The SMILES string of the molecule is COC(=O)C1CCN(C(=O)C2CCCC2C)C1. The lowest BCUT2D eigenvalue weighted by atomic mass is 9.97. The molecule has 17 heavy (non-hydrogen) atoms. The van der Waals surface area contributed by atoms with Crippen molar-refractivity contribution in [3.05, 3.63) is 0 Å². The molecule has 2 fully saturated rings. The number of nitrogens with zero attached hydrogens (tertiary/aromatic N) is 1. The largest absolute Gasteiger partial charge is 0.469 e. The summed E-state index contributed by atoms with van der Waals surface area (Å²) in [5.74, 6) is 0.646. The highest BCUT2D eigenvalue weighted by Gasteiger charge is 2.37. The van der Waals surface area contributed by atoms with Crippen LogP contribution in [-0.2, 0) is 14.3 Å². The molecule has 0 radical (unpaired) electrons. The number of esters is 1. The Bertz CT molecular complexity index is 316. The third-order valence-corrected chi connectivity index (χ3v) is 4.21. The van der Waals surface area contributed by atoms with Crippen LogP contribution < -0.4 is 0 Å². The van der Waals surface area contributed by atoms with Crippen molar-refractivity contribution in [1.82, 2.24) is 4.90 Å². The predicted octanol–water partition coefficient (Wildman–Crippen LogP) is 1.44. The Morgan fingerprint density at radius 3 is 2.59 bits per heavy atom. The number of likely N-dealkylation sites (tertiary alicyclic amines) is 1. The molecule has 0 spiro atoms. The number of hydrogen-bond donors (Lipinski definition) is 0. The summed E-state index contributed by atoms with van der Waals surface area (Å²) < 4.78 is 4.73. The molecular weight excluding hydrogens is 218 g/mol. The molecule has 0 N–H and O–H groups in total. The summed E-state index contributed by atoms with van der Waals surface area (Å²) in [6, 6.07) is 0. The van der Waals surface area contributed by atoms with E-state index in [1.165, 1.54) is 7.11 Å². The molecule has 1 amide bonds. The average molecular weight is 239 g/mol. The number of rotatable bonds is 2. The van der Waals surface area contributed by atoms with Gasteiger partial charge in [-0.05, 0) is 25.2 Å². The van der Waals surface area contributed by atoms with Crippen LogP contribution in [0.15, 0.2) is 0 Å². The van der Waals surface area contributed by atoms with Crippen LogP contribution in [0.1, 0.15) is 32.6 Å². The Morgan fingerprint density at radius 1 is 1.24 bits per heavy atom. The van der Waals surface area contributed by atoms with Gasteiger partial charge in [0, 0.05) is 19.0 Å². The van der Waals surface area contributed by atoms with Crippen molar-refractivity contribution in [2.24, 2.45) is 17.8 Å². The van der Waals surface area contributed by atoms with Gasteiger partial charge in [0.2, 0.25) is 5.91 Å². The summed E-state index contributed by atoms with van der Waals surface area (Å²) in [7, 11) is 1.41. The Balaban J connectivity index is 1.92. The molecule has 4 nitrogen and oxygen atoms in total. The van der Waals surface area contributed by atoms with Crippen LogP contribution in [0, 0.1) is 17.8 Å². The van der Waals surface area contributed by atoms with Gasteiger partial charge in [-0.25, -0.2) is 0 Å². The second-order valence-corrected chi connectivity index (χ2v) is 5.31. The van der Waals surface area contributed by atoms with E-state index in [0.29, 0.717) is 19.0 Å². The topological polar surface area (TPSA) is 46.6 Å². The van der Waals surface area contributed by atoms with Gasteiger partial charge in [-0.3, -0.25) is 9.59 Å². The lowest BCUT2D eigenvalue weighted by Crippen LogP contribution is -2.36. The number of methoxy groups -OCH3 is 1. The molecule has 1 saturated carbocycles. The van der Waals surface area contributed by atoms with E-state index in [-0.39, 0.29) is 23.7 Å². The quantitative estimate of drug-likeness (QED) is 0.685. The Morgan fingerprint density at radius 2 is 2.00 bits per heavy atom. The number of carbonyl (C=O) groups excluding carboxylic acids is 2. The van der Waals surface area contributed by atoms with Gasteiger partial charge in [0.15, 0.2) is 0 Å². The molecule has 0 aromatic heterocycles. The summed E-state index contributed by atoms with van der Waals surface area (Å²) in [4.78, 5) is 25.6. The van der Waals surface area contributed by atoms with Crippen LogP contribution in [0.2, 0.25) is 0 Å². The standard InChI is InChI=1S/C13H21NO3/c1-9-4-3-5-11(9)12(15)14-7-6-10(8-14)13(16)17-2/h9-11H,3-8H2,1-2H3. The van der Waals surface area contributed by atoms with Gasteiger partial charge in [-0.1, -0.05) is 13.3 Å². The van der Waals surface area contributed by atoms with Gasteiger partial charge in [0.25, 0.3) is 0 Å². The smallest absolute Gasteiger partial charge is 0.310 e. The van der Waals surface area contributed by atoms with Crippen molar-refractivity contribution >= 4 is 11.9 Å². The third kappa shape index (κ3) is 2.45. The molecule has 0 aromatic rings. The van der Waals surface area contributed by atoms with Gasteiger partial charge in [0.1, 0.15) is 0 Å². The highest BCUT2D eigenvalue weighted by molar-refractivity contribution is 5.81. The number of carbonyl (C=O) groups is 2. The normalized spacial score (nSPS) is 32.8. The van der Waals surface area contributed by atoms with Crippen molar-refractivity contribution in [2.45, 2.75) is 32.6 Å². The van der Waals surface area contributed by atoms with Gasteiger partial charge in [0.05, 0.1) is 13.0 Å². The predicted molar refractivity (Wildman–Crippen MR) is 63.2 cm³/mol. The van der Waals surface area contributed by atoms with E-state index in [2.05, 4.69) is 6.92 Å². The molecule has 3 atom stereocenters. The van der Waals surface area contributed by atoms with Crippen LogP contribution in [0.3, 0.4) is 0 Å². The van der Waals surface area contributed by atoms with E-state index in [9.17, 15) is 9.59 Å². The highest BCUT2D eigenvalue weighted by Crippen LogP contribution is 2.33. The van der Waals surface area contributed by atoms with Gasteiger partial charge in [-0.2, -0.15) is 0 Å². The fourth-order valence-electron chi connectivity index (χ4n) is 3.07. The summed E-state index contributed by atoms with van der Waals surface area (Å²) in [6.45, 7) is 3.42. The zero-order chi connectivity index (χ0) is 12.4. The molecule has 2 rings (SSSR count). The molecule has 1 heterocycles. The summed E-state index contributed by atoms with van der Waals surface area (Å²) in [5.41, 5.74) is 0. The van der Waals surface area contributed by atoms with E-state index in [1.807, 2.05) is 4.90 Å². The minimum Gasteiger partial charge on any atom is -0.469 e. The number of hydrogen-bond acceptors (Lipinski definition) is 3. The highest BCUT2D eigenvalue weighted by atomic mass is 16.5. The first-order valence-corrected chi connectivity index (χ1v) is 6.50. The Kier molecular flexibility index (Phi) is 3.69. The lowest BCUT2D eigenvalue weighted by Gasteiger charge is -2.22. The second kappa shape index (κ2) is 5.07.